The van der Waals surface area contributed by atoms with Gasteiger partial charge in [-0.25, -0.2) is 4.79 Å². The molecule has 0 spiro atoms. The van der Waals surface area contributed by atoms with Gasteiger partial charge in [0, 0.05) is 7.11 Å². The molecule has 0 heterocycles. The van der Waals surface area contributed by atoms with E-state index in [-0.39, 0.29) is 23.4 Å². The summed E-state index contributed by atoms with van der Waals surface area (Å²) in [5.41, 5.74) is 0.0505. The molecule has 0 aliphatic carbocycles. The number of carbonyl (C=O) groups is 2. The van der Waals surface area contributed by atoms with Gasteiger partial charge in [0.05, 0.1) is 23.9 Å². The smallest absolute Gasteiger partial charge is 0.416 e. The van der Waals surface area contributed by atoms with Crippen molar-refractivity contribution >= 4 is 17.6 Å². The summed E-state index contributed by atoms with van der Waals surface area (Å²) in [5.74, 6) is -1.21. The number of hydrogen-bond acceptors (Lipinski definition) is 4. The summed E-state index contributed by atoms with van der Waals surface area (Å²) in [6.07, 6.45) is -4.48. The lowest BCUT2D eigenvalue weighted by Crippen LogP contribution is -2.19. The average molecular weight is 367 g/mol. The third-order valence-electron chi connectivity index (χ3n) is 3.50. The van der Waals surface area contributed by atoms with Gasteiger partial charge in [-0.1, -0.05) is 18.2 Å². The second-order valence-electron chi connectivity index (χ2n) is 5.31. The van der Waals surface area contributed by atoms with Gasteiger partial charge >= 0.3 is 12.1 Å². The van der Waals surface area contributed by atoms with Crippen molar-refractivity contribution in [2.45, 2.75) is 6.18 Å². The van der Waals surface area contributed by atoms with E-state index in [2.05, 4.69) is 10.1 Å². The van der Waals surface area contributed by atoms with Gasteiger partial charge in [0.25, 0.3) is 0 Å². The fourth-order valence-corrected chi connectivity index (χ4v) is 2.30. The number of carbonyl (C=O) groups excluding carboxylic acids is 2. The molecule has 2 aromatic carbocycles. The molecular formula is C18H16F3NO4. The molecule has 26 heavy (non-hydrogen) atoms. The maximum absolute atomic E-state index is 12.9. The molecule has 0 saturated heterocycles. The molecule has 0 saturated carbocycles. The Morgan fingerprint density at radius 3 is 2.35 bits per heavy atom. The van der Waals surface area contributed by atoms with E-state index in [1.165, 1.54) is 44.6 Å². The number of esters is 1. The van der Waals surface area contributed by atoms with Gasteiger partial charge in [-0.05, 0) is 35.4 Å². The zero-order chi connectivity index (χ0) is 19.3. The minimum absolute atomic E-state index is 0.0202. The number of rotatable bonds is 5. The average Bonchev–Trinajstić information content (AvgIpc) is 2.61. The lowest BCUT2D eigenvalue weighted by atomic mass is 9.99. The predicted molar refractivity (Wildman–Crippen MR) is 88.7 cm³/mol. The SMILES string of the molecule is COCC(=O)Nc1ccc(-c2cccc(C(F)(F)F)c2)cc1C(=O)OC. The molecule has 0 bridgehead atoms. The Morgan fingerprint density at radius 1 is 1.04 bits per heavy atom. The summed E-state index contributed by atoms with van der Waals surface area (Å²) in [6.45, 7) is -0.212. The fraction of sp³-hybridized carbons (Fsp3) is 0.222. The van der Waals surface area contributed by atoms with Crippen LogP contribution in [0.4, 0.5) is 18.9 Å². The van der Waals surface area contributed by atoms with Crippen molar-refractivity contribution in [2.24, 2.45) is 0 Å². The first-order chi connectivity index (χ1) is 12.3. The van der Waals surface area contributed by atoms with Crippen molar-refractivity contribution in [3.05, 3.63) is 53.6 Å². The Morgan fingerprint density at radius 2 is 1.73 bits per heavy atom. The molecule has 0 aromatic heterocycles. The molecule has 2 aromatic rings. The fourth-order valence-electron chi connectivity index (χ4n) is 2.30. The minimum Gasteiger partial charge on any atom is -0.465 e. The van der Waals surface area contributed by atoms with Gasteiger partial charge < -0.3 is 14.8 Å². The standard InChI is InChI=1S/C18H16F3NO4/c1-25-10-16(23)22-15-7-6-12(9-14(15)17(24)26-2)11-4-3-5-13(8-11)18(19,20)21/h3-9H,10H2,1-2H3,(H,22,23). The minimum atomic E-state index is -4.48. The van der Waals surface area contributed by atoms with E-state index < -0.39 is 23.6 Å². The van der Waals surface area contributed by atoms with Gasteiger partial charge in [0.1, 0.15) is 6.61 Å². The highest BCUT2D eigenvalue weighted by Gasteiger charge is 2.30. The molecule has 1 amide bonds. The first-order valence-electron chi connectivity index (χ1n) is 7.45. The first-order valence-corrected chi connectivity index (χ1v) is 7.45. The van der Waals surface area contributed by atoms with E-state index in [0.717, 1.165) is 12.1 Å². The van der Waals surface area contributed by atoms with E-state index >= 15 is 0 Å². The summed E-state index contributed by atoms with van der Waals surface area (Å²) in [4.78, 5) is 23.7. The molecule has 1 N–H and O–H groups in total. The van der Waals surface area contributed by atoms with Gasteiger partial charge in [0.15, 0.2) is 0 Å². The molecule has 0 radical (unpaired) electrons. The number of ether oxygens (including phenoxy) is 2. The van der Waals surface area contributed by atoms with E-state index in [4.69, 9.17) is 4.74 Å². The highest BCUT2D eigenvalue weighted by atomic mass is 19.4. The largest absolute Gasteiger partial charge is 0.465 e. The molecule has 5 nitrogen and oxygen atoms in total. The maximum atomic E-state index is 12.9. The van der Waals surface area contributed by atoms with Crippen LogP contribution in [-0.2, 0) is 20.4 Å². The van der Waals surface area contributed by atoms with Crippen LogP contribution in [0.25, 0.3) is 11.1 Å². The predicted octanol–water partition coefficient (Wildman–Crippen LogP) is 3.74. The number of alkyl halides is 3. The Balaban J connectivity index is 2.46. The highest BCUT2D eigenvalue weighted by Crippen LogP contribution is 2.33. The molecule has 0 atom stereocenters. The van der Waals surface area contributed by atoms with Crippen LogP contribution in [0, 0.1) is 0 Å². The number of nitrogens with one attached hydrogen (secondary N) is 1. The second-order valence-corrected chi connectivity index (χ2v) is 5.31. The molecule has 0 fully saturated rings. The topological polar surface area (TPSA) is 64.6 Å². The lowest BCUT2D eigenvalue weighted by molar-refractivity contribution is -0.137. The van der Waals surface area contributed by atoms with Crippen molar-refractivity contribution in [1.82, 2.24) is 0 Å². The number of halogens is 3. The summed E-state index contributed by atoms with van der Waals surface area (Å²) < 4.78 is 48.1. The van der Waals surface area contributed by atoms with Crippen LogP contribution in [0.2, 0.25) is 0 Å². The van der Waals surface area contributed by atoms with Crippen molar-refractivity contribution in [3.8, 4) is 11.1 Å². The van der Waals surface area contributed by atoms with Crippen molar-refractivity contribution in [1.29, 1.82) is 0 Å². The first kappa shape index (κ1) is 19.5. The highest BCUT2D eigenvalue weighted by molar-refractivity contribution is 6.02. The van der Waals surface area contributed by atoms with E-state index in [1.807, 2.05) is 0 Å². The summed E-state index contributed by atoms with van der Waals surface area (Å²) >= 11 is 0. The third kappa shape index (κ3) is 4.60. The van der Waals surface area contributed by atoms with Crippen LogP contribution >= 0.6 is 0 Å². The number of benzene rings is 2. The Kier molecular flexibility index (Phi) is 5.99. The van der Waals surface area contributed by atoms with E-state index in [1.54, 1.807) is 0 Å². The molecule has 0 aliphatic heterocycles. The summed E-state index contributed by atoms with van der Waals surface area (Å²) in [7, 11) is 2.51. The Hall–Kier alpha value is -2.87. The molecule has 0 unspecified atom stereocenters. The Bertz CT molecular complexity index is 818. The Labute approximate surface area is 147 Å². The molecule has 0 aliphatic rings. The van der Waals surface area contributed by atoms with Crippen LogP contribution in [0.3, 0.4) is 0 Å². The van der Waals surface area contributed by atoms with E-state index in [9.17, 15) is 22.8 Å². The van der Waals surface area contributed by atoms with Gasteiger partial charge in [-0.3, -0.25) is 4.79 Å². The zero-order valence-corrected chi connectivity index (χ0v) is 14.0. The monoisotopic (exact) mass is 367 g/mol. The van der Waals surface area contributed by atoms with E-state index in [0.29, 0.717) is 5.56 Å². The third-order valence-corrected chi connectivity index (χ3v) is 3.50. The van der Waals surface area contributed by atoms with Crippen LogP contribution in [-0.4, -0.2) is 32.7 Å². The number of hydrogen-bond donors (Lipinski definition) is 1. The molecule has 138 valence electrons. The van der Waals surface area contributed by atoms with Crippen LogP contribution in [0.1, 0.15) is 15.9 Å². The van der Waals surface area contributed by atoms with Crippen molar-refractivity contribution in [3.63, 3.8) is 0 Å². The molecule has 8 heteroatoms. The quantitative estimate of drug-likeness (QED) is 0.818. The van der Waals surface area contributed by atoms with Gasteiger partial charge in [0.2, 0.25) is 5.91 Å². The van der Waals surface area contributed by atoms with Gasteiger partial charge in [-0.15, -0.1) is 0 Å². The van der Waals surface area contributed by atoms with Crippen LogP contribution in [0.5, 0.6) is 0 Å². The number of anilines is 1. The maximum Gasteiger partial charge on any atom is 0.416 e. The van der Waals surface area contributed by atoms with Crippen LogP contribution in [0.15, 0.2) is 42.5 Å². The number of amides is 1. The summed E-state index contributed by atoms with van der Waals surface area (Å²) in [6, 6.07) is 9.02. The zero-order valence-electron chi connectivity index (χ0n) is 14.0. The van der Waals surface area contributed by atoms with Crippen molar-refractivity contribution < 1.29 is 32.2 Å². The second kappa shape index (κ2) is 8.01. The van der Waals surface area contributed by atoms with Gasteiger partial charge in [-0.2, -0.15) is 13.2 Å². The number of methoxy groups -OCH3 is 2. The van der Waals surface area contributed by atoms with Crippen molar-refractivity contribution in [2.75, 3.05) is 26.1 Å². The lowest BCUT2D eigenvalue weighted by Gasteiger charge is -2.13. The molecule has 2 rings (SSSR count). The van der Waals surface area contributed by atoms with Crippen LogP contribution < -0.4 is 5.32 Å². The molecular weight excluding hydrogens is 351 g/mol. The normalized spacial score (nSPS) is 11.1. The summed E-state index contributed by atoms with van der Waals surface area (Å²) in [5, 5.41) is 2.50.